The summed E-state index contributed by atoms with van der Waals surface area (Å²) >= 11 is 0. The monoisotopic (exact) mass is 965 g/mol. The second-order valence-corrected chi connectivity index (χ2v) is 19.7. The Morgan fingerprint density at radius 1 is 0.900 bits per heavy atom. The normalized spacial score (nSPS) is 24.2. The number of halogens is 1. The SMILES string of the molecule is C=CCO[C@@]12Oc3ccc(Oc4cccc(C=O)c4)cc3[C@H]3[C@H](CCCCO)[C@@H](CCCCO)C=C(C(=NOC4CCCCO4)C[C@@H]1N(Cc1ccc(F)cc1)C(=O)CCCCCCCCCCC)[C@H]32. The number of unbranched alkanes of at least 4 members (excludes halogenated alkanes) is 10. The molecule has 0 aromatic heterocycles. The summed E-state index contributed by atoms with van der Waals surface area (Å²) in [6.45, 7) is 7.37. The number of amides is 1. The summed E-state index contributed by atoms with van der Waals surface area (Å²) < 4.78 is 41.8. The van der Waals surface area contributed by atoms with Gasteiger partial charge in [0.25, 0.3) is 0 Å². The maximum atomic E-state index is 15.2. The number of benzene rings is 3. The third-order valence-corrected chi connectivity index (χ3v) is 14.7. The van der Waals surface area contributed by atoms with E-state index in [1.165, 1.54) is 44.2 Å². The molecule has 7 rings (SSSR count). The molecule has 11 nitrogen and oxygen atoms in total. The Hall–Kier alpha value is -4.88. The fourth-order valence-corrected chi connectivity index (χ4v) is 11.3. The topological polar surface area (TPSA) is 136 Å². The molecule has 1 unspecified atom stereocenters. The van der Waals surface area contributed by atoms with E-state index in [1.807, 2.05) is 29.2 Å². The average Bonchev–Trinajstić information content (AvgIpc) is 3.38. The van der Waals surface area contributed by atoms with Crippen LogP contribution >= 0.6 is 0 Å². The van der Waals surface area contributed by atoms with Crippen LogP contribution in [0.15, 0.2) is 96.2 Å². The molecule has 2 aliphatic carbocycles. The highest BCUT2D eigenvalue weighted by atomic mass is 19.1. The van der Waals surface area contributed by atoms with Crippen LogP contribution in [0.1, 0.15) is 163 Å². The number of aliphatic hydroxyl groups is 2. The predicted octanol–water partition coefficient (Wildman–Crippen LogP) is 12.5. The van der Waals surface area contributed by atoms with Crippen molar-refractivity contribution in [1.29, 1.82) is 0 Å². The van der Waals surface area contributed by atoms with Gasteiger partial charge in [-0.3, -0.25) is 9.59 Å². The summed E-state index contributed by atoms with van der Waals surface area (Å²) in [5.41, 5.74) is 3.81. The number of hydrogen-bond acceptors (Lipinski definition) is 10. The van der Waals surface area contributed by atoms with Crippen LogP contribution in [0.3, 0.4) is 0 Å². The first kappa shape index (κ1) is 52.9. The van der Waals surface area contributed by atoms with Gasteiger partial charge >= 0.3 is 0 Å². The summed E-state index contributed by atoms with van der Waals surface area (Å²) in [4.78, 5) is 35.3. The number of hydrogen-bond donors (Lipinski definition) is 2. The van der Waals surface area contributed by atoms with Crippen molar-refractivity contribution in [3.8, 4) is 17.2 Å². The van der Waals surface area contributed by atoms with Crippen molar-refractivity contribution in [3.63, 3.8) is 0 Å². The van der Waals surface area contributed by atoms with Gasteiger partial charge < -0.3 is 38.9 Å². The zero-order chi connectivity index (χ0) is 49.1. The Bertz CT molecular complexity index is 2190. The van der Waals surface area contributed by atoms with Crippen molar-refractivity contribution >= 4 is 17.9 Å². The van der Waals surface area contributed by atoms with Gasteiger partial charge in [-0.15, -0.1) is 6.58 Å². The first-order valence-corrected chi connectivity index (χ1v) is 26.4. The molecule has 12 heteroatoms. The summed E-state index contributed by atoms with van der Waals surface area (Å²) in [6.07, 6.45) is 22.0. The Balaban J connectivity index is 1.38. The van der Waals surface area contributed by atoms with E-state index in [4.69, 9.17) is 28.9 Å². The number of aldehydes is 1. The molecule has 380 valence electrons. The minimum atomic E-state index is -1.46. The molecular formula is C58H77FN2O9. The van der Waals surface area contributed by atoms with Crippen LogP contribution in [0.2, 0.25) is 0 Å². The lowest BCUT2D eigenvalue weighted by atomic mass is 9.55. The third-order valence-electron chi connectivity index (χ3n) is 14.7. The molecule has 0 radical (unpaired) electrons. The fraction of sp³-hybridized carbons (Fsp3) is 0.569. The standard InChI is InChI=1S/C58H77FN2O9/c1-3-5-6-7-8-9-10-11-12-24-54(65)61(40-42-26-28-45(59)29-27-42)53-39-51(60-70-55-25-15-18-35-66-55)49-37-44(21-13-16-32-62)48(23-14-17-33-63)56-50-38-47(68-46-22-19-20-43(36-46)41-64)30-31-52(50)69-58(53,57(49)56)67-34-4-2/h4,19-20,22,26-31,36-38,41,44,48,53,55-57,62-63H,2-3,5-18,21,23-25,32-35,39-40H2,1H3/t44-,48+,53-,55?,56+,57+,58+/m0/s1. The number of aliphatic hydroxyl groups excluding tert-OH is 2. The highest BCUT2D eigenvalue weighted by Crippen LogP contribution is 2.62. The second kappa shape index (κ2) is 27.1. The van der Waals surface area contributed by atoms with Crippen LogP contribution in [0, 0.1) is 23.6 Å². The van der Waals surface area contributed by atoms with Crippen molar-refractivity contribution < 1.29 is 48.0 Å². The van der Waals surface area contributed by atoms with Gasteiger partial charge in [-0.1, -0.05) is 113 Å². The van der Waals surface area contributed by atoms with E-state index in [2.05, 4.69) is 19.6 Å². The number of ether oxygens (including phenoxy) is 4. The van der Waals surface area contributed by atoms with E-state index in [1.54, 1.807) is 36.4 Å². The van der Waals surface area contributed by atoms with Gasteiger partial charge in [-0.2, -0.15) is 0 Å². The molecular weight excluding hydrogens is 888 g/mol. The second-order valence-electron chi connectivity index (χ2n) is 19.7. The Morgan fingerprint density at radius 3 is 2.36 bits per heavy atom. The molecule has 2 N–H and O–H groups in total. The molecule has 2 fully saturated rings. The summed E-state index contributed by atoms with van der Waals surface area (Å²) in [5, 5.41) is 25.1. The lowest BCUT2D eigenvalue weighted by Gasteiger charge is -2.60. The number of oxime groups is 1. The van der Waals surface area contributed by atoms with Gasteiger partial charge in [-0.05, 0) is 110 Å². The van der Waals surface area contributed by atoms with Crippen LogP contribution in [0.4, 0.5) is 4.39 Å². The van der Waals surface area contributed by atoms with Crippen molar-refractivity contribution in [2.75, 3.05) is 26.4 Å². The molecule has 0 spiro atoms. The minimum absolute atomic E-state index is 0.00723. The van der Waals surface area contributed by atoms with Crippen molar-refractivity contribution in [3.05, 3.63) is 114 Å². The molecule has 0 bridgehead atoms. The van der Waals surface area contributed by atoms with Crippen LogP contribution in [0.25, 0.3) is 0 Å². The first-order valence-electron chi connectivity index (χ1n) is 26.4. The number of carbonyl (C=O) groups excluding carboxylic acids is 2. The molecule has 70 heavy (non-hydrogen) atoms. The van der Waals surface area contributed by atoms with Crippen molar-refractivity contribution in [2.24, 2.45) is 22.9 Å². The molecule has 1 saturated heterocycles. The van der Waals surface area contributed by atoms with E-state index < -0.39 is 24.0 Å². The van der Waals surface area contributed by atoms with Gasteiger partial charge in [0.15, 0.2) is 0 Å². The molecule has 1 saturated carbocycles. The number of rotatable bonds is 29. The maximum Gasteiger partial charge on any atom is 0.239 e. The zero-order valence-corrected chi connectivity index (χ0v) is 41.5. The quantitative estimate of drug-likeness (QED) is 0.0301. The Labute approximate surface area is 415 Å². The zero-order valence-electron chi connectivity index (χ0n) is 41.5. The lowest BCUT2D eigenvalue weighted by Crippen LogP contribution is -2.70. The molecule has 7 atom stereocenters. The van der Waals surface area contributed by atoms with Gasteiger partial charge in [0, 0.05) is 56.1 Å². The molecule has 4 aliphatic rings. The molecule has 3 aromatic rings. The smallest absolute Gasteiger partial charge is 0.239 e. The van der Waals surface area contributed by atoms with Crippen LogP contribution in [-0.2, 0) is 25.7 Å². The van der Waals surface area contributed by atoms with E-state index in [9.17, 15) is 19.4 Å². The Kier molecular flexibility index (Phi) is 20.5. The van der Waals surface area contributed by atoms with Gasteiger partial charge in [0.2, 0.25) is 18.0 Å². The molecule has 2 aliphatic heterocycles. The number of allylic oxidation sites excluding steroid dienone is 1. The van der Waals surface area contributed by atoms with Gasteiger partial charge in [0.1, 0.15) is 35.4 Å². The number of carbonyl (C=O) groups is 2. The first-order chi connectivity index (χ1) is 34.3. The predicted molar refractivity (Wildman–Crippen MR) is 270 cm³/mol. The highest BCUT2D eigenvalue weighted by molar-refractivity contribution is 6.03. The van der Waals surface area contributed by atoms with E-state index in [0.717, 1.165) is 87.2 Å². The minimum Gasteiger partial charge on any atom is -0.459 e. The molecule has 2 heterocycles. The molecule has 1 amide bonds. The summed E-state index contributed by atoms with van der Waals surface area (Å²) in [6, 6.07) is 18.5. The van der Waals surface area contributed by atoms with Crippen molar-refractivity contribution in [1.82, 2.24) is 4.90 Å². The van der Waals surface area contributed by atoms with Gasteiger partial charge in [-0.25, -0.2) is 4.39 Å². The fourth-order valence-electron chi connectivity index (χ4n) is 11.3. The average molecular weight is 965 g/mol. The third kappa shape index (κ3) is 13.5. The lowest BCUT2D eigenvalue weighted by molar-refractivity contribution is -0.258. The summed E-state index contributed by atoms with van der Waals surface area (Å²) in [5.74, 6) is -0.920. The van der Waals surface area contributed by atoms with Crippen LogP contribution in [-0.4, -0.2) is 77.6 Å². The Morgan fingerprint density at radius 2 is 1.64 bits per heavy atom. The number of fused-ring (bicyclic) bond motifs is 2. The van der Waals surface area contributed by atoms with E-state index in [0.29, 0.717) is 60.8 Å². The van der Waals surface area contributed by atoms with Crippen LogP contribution < -0.4 is 9.47 Å². The maximum absolute atomic E-state index is 15.2. The highest BCUT2D eigenvalue weighted by Gasteiger charge is 2.65. The van der Waals surface area contributed by atoms with Gasteiger partial charge in [0.05, 0.1) is 24.8 Å². The number of nitrogens with zero attached hydrogens (tertiary/aromatic N) is 2. The van der Waals surface area contributed by atoms with Crippen molar-refractivity contribution in [2.45, 2.75) is 166 Å². The van der Waals surface area contributed by atoms with E-state index >= 15 is 4.79 Å². The largest absolute Gasteiger partial charge is 0.459 e. The van der Waals surface area contributed by atoms with Crippen LogP contribution in [0.5, 0.6) is 17.2 Å². The summed E-state index contributed by atoms with van der Waals surface area (Å²) in [7, 11) is 0. The van der Waals surface area contributed by atoms with E-state index in [-0.39, 0.29) is 62.3 Å². The molecule has 3 aromatic carbocycles.